The molecule has 4 heteroatoms. The maximum Gasteiger partial charge on any atom is 0.325 e. The van der Waals surface area contributed by atoms with E-state index in [1.807, 2.05) is 6.92 Å². The predicted octanol–water partition coefficient (Wildman–Crippen LogP) is 2.79. The standard InChI is InChI=1S/C9H19O3P/c1-8(12-13(2,10)11)9-6-4-3-5-7-9/h8-9H,3-7H2,1-2H3,(H,10,11). The molecule has 0 radical (unpaired) electrons. The molecule has 0 heterocycles. The van der Waals surface area contributed by atoms with Crippen molar-refractivity contribution in [1.82, 2.24) is 0 Å². The van der Waals surface area contributed by atoms with E-state index >= 15 is 0 Å². The highest BCUT2D eigenvalue weighted by molar-refractivity contribution is 7.51. The molecule has 1 aliphatic rings. The molecule has 0 aromatic carbocycles. The van der Waals surface area contributed by atoms with Crippen LogP contribution in [0.3, 0.4) is 0 Å². The van der Waals surface area contributed by atoms with Gasteiger partial charge in [-0.3, -0.25) is 4.57 Å². The molecule has 0 aromatic heterocycles. The molecule has 1 saturated carbocycles. The molecule has 0 aromatic rings. The van der Waals surface area contributed by atoms with Crippen molar-refractivity contribution in [2.45, 2.75) is 45.1 Å². The monoisotopic (exact) mass is 206 g/mol. The fourth-order valence-corrected chi connectivity index (χ4v) is 2.79. The van der Waals surface area contributed by atoms with Crippen molar-refractivity contribution in [2.24, 2.45) is 5.92 Å². The Morgan fingerprint density at radius 2 is 1.92 bits per heavy atom. The lowest BCUT2D eigenvalue weighted by Gasteiger charge is -2.28. The Morgan fingerprint density at radius 3 is 2.38 bits per heavy atom. The first kappa shape index (κ1) is 11.2. The van der Waals surface area contributed by atoms with E-state index in [2.05, 4.69) is 0 Å². The lowest BCUT2D eigenvalue weighted by molar-refractivity contribution is 0.110. The van der Waals surface area contributed by atoms with Gasteiger partial charge in [-0.1, -0.05) is 19.3 Å². The van der Waals surface area contributed by atoms with Gasteiger partial charge < -0.3 is 9.42 Å². The summed E-state index contributed by atoms with van der Waals surface area (Å²) in [5.74, 6) is 0.481. The largest absolute Gasteiger partial charge is 0.325 e. The first-order chi connectivity index (χ1) is 5.99. The molecule has 0 amide bonds. The van der Waals surface area contributed by atoms with Gasteiger partial charge in [0.2, 0.25) is 0 Å². The summed E-state index contributed by atoms with van der Waals surface area (Å²) in [5.41, 5.74) is 0. The summed E-state index contributed by atoms with van der Waals surface area (Å²) < 4.78 is 16.1. The molecule has 2 atom stereocenters. The molecule has 1 N–H and O–H groups in total. The minimum absolute atomic E-state index is 0.0684. The Bertz CT molecular complexity index is 193. The van der Waals surface area contributed by atoms with Crippen molar-refractivity contribution in [3.05, 3.63) is 0 Å². The summed E-state index contributed by atoms with van der Waals surface area (Å²) in [6, 6.07) is 0. The molecule has 78 valence electrons. The maximum atomic E-state index is 11.0. The zero-order valence-corrected chi connectivity index (χ0v) is 9.30. The Balaban J connectivity index is 2.37. The normalized spacial score (nSPS) is 26.7. The second kappa shape index (κ2) is 4.59. The van der Waals surface area contributed by atoms with Crippen LogP contribution in [0, 0.1) is 5.92 Å². The van der Waals surface area contributed by atoms with Gasteiger partial charge in [0, 0.05) is 6.66 Å². The average Bonchev–Trinajstić information content (AvgIpc) is 2.03. The maximum absolute atomic E-state index is 11.0. The van der Waals surface area contributed by atoms with E-state index < -0.39 is 7.60 Å². The van der Waals surface area contributed by atoms with Gasteiger partial charge in [-0.2, -0.15) is 0 Å². The third kappa shape index (κ3) is 4.26. The van der Waals surface area contributed by atoms with Crippen LogP contribution in [-0.2, 0) is 9.09 Å². The number of rotatable bonds is 3. The first-order valence-corrected chi connectivity index (χ1v) is 7.00. The van der Waals surface area contributed by atoms with E-state index in [9.17, 15) is 4.57 Å². The Labute approximate surface area is 80.0 Å². The molecule has 1 aliphatic carbocycles. The van der Waals surface area contributed by atoms with Gasteiger partial charge in [-0.05, 0) is 25.7 Å². The van der Waals surface area contributed by atoms with E-state index in [0.717, 1.165) is 12.8 Å². The highest BCUT2D eigenvalue weighted by Gasteiger charge is 2.25. The summed E-state index contributed by atoms with van der Waals surface area (Å²) in [6.45, 7) is 3.16. The summed E-state index contributed by atoms with van der Waals surface area (Å²) in [5, 5.41) is 0. The zero-order valence-electron chi connectivity index (χ0n) is 8.40. The SMILES string of the molecule is CC(OP(C)(=O)O)C1CCCCC1. The topological polar surface area (TPSA) is 46.5 Å². The Hall–Kier alpha value is 0.150. The predicted molar refractivity (Wildman–Crippen MR) is 52.9 cm³/mol. The van der Waals surface area contributed by atoms with Gasteiger partial charge in [0.1, 0.15) is 0 Å². The molecule has 0 aliphatic heterocycles. The van der Waals surface area contributed by atoms with Crippen LogP contribution in [0.25, 0.3) is 0 Å². The summed E-state index contributed by atoms with van der Waals surface area (Å²) in [6.07, 6.45) is 5.98. The summed E-state index contributed by atoms with van der Waals surface area (Å²) in [7, 11) is -3.29. The fourth-order valence-electron chi connectivity index (χ4n) is 2.00. The summed E-state index contributed by atoms with van der Waals surface area (Å²) >= 11 is 0. The second-order valence-electron chi connectivity index (χ2n) is 4.01. The third-order valence-corrected chi connectivity index (χ3v) is 3.40. The van der Waals surface area contributed by atoms with Crippen molar-refractivity contribution in [2.75, 3.05) is 6.66 Å². The van der Waals surface area contributed by atoms with Gasteiger partial charge >= 0.3 is 7.60 Å². The van der Waals surface area contributed by atoms with Gasteiger partial charge in [0.25, 0.3) is 0 Å². The molecule has 1 fully saturated rings. The number of hydrogen-bond donors (Lipinski definition) is 1. The molecular weight excluding hydrogens is 187 g/mol. The second-order valence-corrected chi connectivity index (χ2v) is 5.83. The van der Waals surface area contributed by atoms with Crippen LogP contribution in [0.1, 0.15) is 39.0 Å². The minimum Gasteiger partial charge on any atom is -0.324 e. The van der Waals surface area contributed by atoms with Crippen LogP contribution < -0.4 is 0 Å². The molecule has 0 bridgehead atoms. The smallest absolute Gasteiger partial charge is 0.324 e. The van der Waals surface area contributed by atoms with E-state index in [1.54, 1.807) is 0 Å². The van der Waals surface area contributed by atoms with E-state index in [4.69, 9.17) is 9.42 Å². The molecule has 0 spiro atoms. The highest BCUT2D eigenvalue weighted by atomic mass is 31.2. The van der Waals surface area contributed by atoms with Crippen LogP contribution in [-0.4, -0.2) is 17.7 Å². The van der Waals surface area contributed by atoms with Crippen LogP contribution in [0.15, 0.2) is 0 Å². The van der Waals surface area contributed by atoms with Crippen molar-refractivity contribution in [3.63, 3.8) is 0 Å². The third-order valence-electron chi connectivity index (χ3n) is 2.68. The van der Waals surface area contributed by atoms with Gasteiger partial charge in [-0.25, -0.2) is 0 Å². The lowest BCUT2D eigenvalue weighted by Crippen LogP contribution is -2.21. The molecule has 2 unspecified atom stereocenters. The van der Waals surface area contributed by atoms with E-state index in [1.165, 1.54) is 25.9 Å². The minimum atomic E-state index is -3.29. The van der Waals surface area contributed by atoms with Crippen LogP contribution in [0.5, 0.6) is 0 Å². The molecule has 3 nitrogen and oxygen atoms in total. The van der Waals surface area contributed by atoms with E-state index in [0.29, 0.717) is 5.92 Å². The quantitative estimate of drug-likeness (QED) is 0.722. The van der Waals surface area contributed by atoms with Crippen LogP contribution in [0.2, 0.25) is 0 Å². The van der Waals surface area contributed by atoms with Crippen molar-refractivity contribution >= 4 is 7.60 Å². The first-order valence-electron chi connectivity index (χ1n) is 4.98. The highest BCUT2D eigenvalue weighted by Crippen LogP contribution is 2.41. The summed E-state index contributed by atoms with van der Waals surface area (Å²) in [4.78, 5) is 9.05. The average molecular weight is 206 g/mol. The molecular formula is C9H19O3P. The van der Waals surface area contributed by atoms with Gasteiger partial charge in [0.15, 0.2) is 0 Å². The van der Waals surface area contributed by atoms with Crippen molar-refractivity contribution in [3.8, 4) is 0 Å². The Morgan fingerprint density at radius 1 is 1.38 bits per heavy atom. The van der Waals surface area contributed by atoms with Crippen molar-refractivity contribution in [1.29, 1.82) is 0 Å². The molecule has 0 saturated heterocycles. The molecule has 1 rings (SSSR count). The van der Waals surface area contributed by atoms with Gasteiger partial charge in [-0.15, -0.1) is 0 Å². The van der Waals surface area contributed by atoms with Crippen LogP contribution >= 0.6 is 7.60 Å². The van der Waals surface area contributed by atoms with Crippen molar-refractivity contribution < 1.29 is 14.0 Å². The number of hydrogen-bond acceptors (Lipinski definition) is 2. The van der Waals surface area contributed by atoms with Crippen LogP contribution in [0.4, 0.5) is 0 Å². The van der Waals surface area contributed by atoms with Gasteiger partial charge in [0.05, 0.1) is 6.10 Å². The fraction of sp³-hybridized carbons (Fsp3) is 1.00. The Kier molecular flexibility index (Phi) is 3.96. The van der Waals surface area contributed by atoms with E-state index in [-0.39, 0.29) is 6.10 Å². The molecule has 13 heavy (non-hydrogen) atoms. The zero-order chi connectivity index (χ0) is 9.90. The lowest BCUT2D eigenvalue weighted by atomic mass is 9.86.